The number of ether oxygens (including phenoxy) is 1. The second kappa shape index (κ2) is 29.4. The summed E-state index contributed by atoms with van der Waals surface area (Å²) in [5.74, 6) is -12.1. The molecule has 7 amide bonds. The van der Waals surface area contributed by atoms with Crippen molar-refractivity contribution in [1.82, 2.24) is 36.8 Å². The van der Waals surface area contributed by atoms with E-state index in [1.165, 1.54) is 40.8 Å². The largest absolute Gasteiger partial charge is 0.480 e. The first-order valence-corrected chi connectivity index (χ1v) is 23.8. The van der Waals surface area contributed by atoms with Gasteiger partial charge in [0.05, 0.1) is 24.0 Å². The Balaban J connectivity index is 2.73. The molecule has 12 N–H and O–H groups in total. The minimum atomic E-state index is -1.87. The number of benzene rings is 1. The highest BCUT2D eigenvalue weighted by molar-refractivity contribution is 5.97. The molecule has 1 fully saturated rings. The number of aliphatic carboxylic acids is 2. The number of nitrogens with zero attached hydrogens (tertiary/aromatic N) is 2. The van der Waals surface area contributed by atoms with E-state index < -0.39 is 114 Å². The van der Waals surface area contributed by atoms with Crippen LogP contribution in [0.15, 0.2) is 59.1 Å². The van der Waals surface area contributed by atoms with Crippen molar-refractivity contribution in [3.8, 4) is 0 Å². The van der Waals surface area contributed by atoms with Gasteiger partial charge in [0.25, 0.3) is 0 Å². The number of nitrogens with one attached hydrogen (secondary N) is 6. The van der Waals surface area contributed by atoms with Crippen molar-refractivity contribution in [3.05, 3.63) is 59.7 Å². The van der Waals surface area contributed by atoms with E-state index in [4.69, 9.17) is 16.2 Å². The second-order valence-electron chi connectivity index (χ2n) is 18.6. The predicted molar refractivity (Wildman–Crippen MR) is 265 cm³/mol. The van der Waals surface area contributed by atoms with Crippen LogP contribution in [0.5, 0.6) is 0 Å². The van der Waals surface area contributed by atoms with E-state index >= 15 is 0 Å². The molecule has 22 nitrogen and oxygen atoms in total. The molecule has 0 spiro atoms. The molecule has 0 bridgehead atoms. The van der Waals surface area contributed by atoms with Gasteiger partial charge in [0, 0.05) is 33.0 Å². The monoisotopic (exact) mass is 997 g/mol. The lowest BCUT2D eigenvalue weighted by Crippen LogP contribution is -2.59. The molecule has 0 aliphatic carbocycles. The zero-order valence-electron chi connectivity index (χ0n) is 42.5. The number of rotatable bonds is 15. The number of amides is 7. The van der Waals surface area contributed by atoms with Crippen LogP contribution in [0.4, 0.5) is 0 Å². The van der Waals surface area contributed by atoms with E-state index in [-0.39, 0.29) is 56.1 Å². The molecule has 22 heteroatoms. The number of hydrogen-bond donors (Lipinski definition) is 10. The van der Waals surface area contributed by atoms with Gasteiger partial charge in [0.2, 0.25) is 41.4 Å². The Hall–Kier alpha value is -6.84. The van der Waals surface area contributed by atoms with Gasteiger partial charge in [0.1, 0.15) is 36.3 Å². The highest BCUT2D eigenvalue weighted by Gasteiger charge is 2.37. The standard InChI is InChI=1S/C49H76N10O12/c1-26(2)23-37-46(66)58-40(48(69)70)30(6)42(62)55-35(17-14-22-52-49(50)51)45(65)54-34(19-18-27(3)24-28(4)38(71-10)25-33-15-12-11-13-16-33)29(5)41(61)56-36(47(67)68)20-21-39(60)59(9)32(8)44(64)53-31(7)43(63)57-37/h11-13,15-16,18-19,24,26,28-32,34-38,40H,14,17,20-23,25H2,1-10H3,(H,53,64)(H,54,65)(H,55,62)(H,56,61)(H,57,63)(H,58,66)(H,67,68)(H,69,70)(H4,50,51,52)/b19-18+,27-24+/t28-,29-,30-,31+,32?,34?,35?,36+,37-,38-,40?/m0/s1. The van der Waals surface area contributed by atoms with Gasteiger partial charge < -0.3 is 63.2 Å². The number of methoxy groups -OCH3 is 1. The third-order valence-electron chi connectivity index (χ3n) is 12.3. The summed E-state index contributed by atoms with van der Waals surface area (Å²) >= 11 is 0. The van der Waals surface area contributed by atoms with E-state index in [9.17, 15) is 53.4 Å². The van der Waals surface area contributed by atoms with Crippen molar-refractivity contribution in [2.24, 2.45) is 40.1 Å². The van der Waals surface area contributed by atoms with E-state index in [2.05, 4.69) is 36.9 Å². The number of carboxylic acid groups (broad SMARTS) is 2. The second-order valence-corrected chi connectivity index (χ2v) is 18.6. The molecule has 0 aromatic heterocycles. The van der Waals surface area contributed by atoms with Crippen LogP contribution in [0, 0.1) is 23.7 Å². The smallest absolute Gasteiger partial charge is 0.327 e. The lowest BCUT2D eigenvalue weighted by molar-refractivity contribution is -0.146. The fourth-order valence-corrected chi connectivity index (χ4v) is 7.61. The van der Waals surface area contributed by atoms with Crippen LogP contribution in [0.25, 0.3) is 0 Å². The number of aliphatic imine (C=N–C) groups is 1. The Labute approximate surface area is 416 Å². The molecule has 1 aromatic rings. The maximum Gasteiger partial charge on any atom is 0.327 e. The van der Waals surface area contributed by atoms with Crippen LogP contribution in [0.1, 0.15) is 93.1 Å². The highest BCUT2D eigenvalue weighted by atomic mass is 16.5. The number of likely N-dealkylation sites (N-methyl/N-ethyl adjacent to an activating group) is 1. The molecule has 1 aliphatic rings. The normalized spacial score (nSPS) is 26.4. The number of hydrogen-bond acceptors (Lipinski definition) is 11. The Morgan fingerprint density at radius 2 is 1.41 bits per heavy atom. The van der Waals surface area contributed by atoms with Crippen LogP contribution in [-0.2, 0) is 54.3 Å². The predicted octanol–water partition coefficient (Wildman–Crippen LogP) is 0.493. The number of carbonyl (C=O) groups is 9. The van der Waals surface area contributed by atoms with Gasteiger partial charge >= 0.3 is 11.9 Å². The van der Waals surface area contributed by atoms with Gasteiger partial charge in [0.15, 0.2) is 5.96 Å². The van der Waals surface area contributed by atoms with E-state index in [0.717, 1.165) is 10.5 Å². The molecule has 1 aliphatic heterocycles. The number of carboxylic acids is 2. The molecule has 1 saturated heterocycles. The molecule has 4 unspecified atom stereocenters. The molecular formula is C49H76N10O12. The van der Waals surface area contributed by atoms with E-state index in [1.54, 1.807) is 34.0 Å². The number of allylic oxidation sites excluding steroid dienone is 2. The summed E-state index contributed by atoms with van der Waals surface area (Å²) in [4.78, 5) is 126. The Morgan fingerprint density at radius 3 is 1.99 bits per heavy atom. The highest BCUT2D eigenvalue weighted by Crippen LogP contribution is 2.19. The summed E-state index contributed by atoms with van der Waals surface area (Å²) in [6.07, 6.45) is 4.80. The van der Waals surface area contributed by atoms with Crippen molar-refractivity contribution in [2.45, 2.75) is 142 Å². The topological polar surface area (TPSA) is 343 Å². The number of guanidine groups is 1. The van der Waals surface area contributed by atoms with Crippen molar-refractivity contribution < 1.29 is 58.1 Å². The van der Waals surface area contributed by atoms with Gasteiger partial charge in [-0.2, -0.15) is 0 Å². The van der Waals surface area contributed by atoms with Crippen molar-refractivity contribution in [3.63, 3.8) is 0 Å². The lowest BCUT2D eigenvalue weighted by Gasteiger charge is -2.28. The van der Waals surface area contributed by atoms with Gasteiger partial charge in [-0.1, -0.05) is 88.8 Å². The summed E-state index contributed by atoms with van der Waals surface area (Å²) in [6.45, 7) is 12.7. The third kappa shape index (κ3) is 20.2. The molecule has 1 aromatic carbocycles. The van der Waals surface area contributed by atoms with Gasteiger partial charge in [-0.15, -0.1) is 0 Å². The molecule has 0 radical (unpaired) electrons. The Kier molecular flexibility index (Phi) is 24.9. The zero-order valence-corrected chi connectivity index (χ0v) is 42.5. The first kappa shape index (κ1) is 60.3. The van der Waals surface area contributed by atoms with E-state index in [1.807, 2.05) is 43.3 Å². The summed E-state index contributed by atoms with van der Waals surface area (Å²) in [5, 5.41) is 35.7. The zero-order chi connectivity index (χ0) is 53.7. The van der Waals surface area contributed by atoms with Crippen molar-refractivity contribution in [1.29, 1.82) is 0 Å². The van der Waals surface area contributed by atoms with Gasteiger partial charge in [-0.05, 0) is 64.4 Å². The first-order chi connectivity index (χ1) is 33.3. The first-order valence-electron chi connectivity index (χ1n) is 23.8. The Morgan fingerprint density at radius 1 is 0.803 bits per heavy atom. The van der Waals surface area contributed by atoms with Crippen molar-refractivity contribution >= 4 is 59.2 Å². The number of nitrogens with two attached hydrogens (primary N) is 2. The third-order valence-corrected chi connectivity index (χ3v) is 12.3. The summed E-state index contributed by atoms with van der Waals surface area (Å²) in [6, 6.07) is -0.00974. The summed E-state index contributed by atoms with van der Waals surface area (Å²) in [7, 11) is 2.93. The number of carbonyl (C=O) groups excluding carboxylic acids is 7. The molecular weight excluding hydrogens is 921 g/mol. The fourth-order valence-electron chi connectivity index (χ4n) is 7.61. The minimum absolute atomic E-state index is 0.0237. The van der Waals surface area contributed by atoms with E-state index in [0.29, 0.717) is 12.0 Å². The van der Waals surface area contributed by atoms with Crippen molar-refractivity contribution in [2.75, 3.05) is 20.7 Å². The molecule has 1 heterocycles. The van der Waals surface area contributed by atoms with Crippen LogP contribution >= 0.6 is 0 Å². The SMILES string of the molecule is CO[C@@H](Cc1ccccc1)[C@@H](C)/C=C(C)/C=C/C1NC(=O)C(CCCN=C(N)N)NC(=O)[C@@H](C)C(C(=O)O)NC(=O)[C@H](CC(C)C)NC(=O)[C@@H](C)NC(=O)C(C)N(C)C(=O)CC[C@H](C(=O)O)NC(=O)[C@H]1C. The quantitative estimate of drug-likeness (QED) is 0.0495. The van der Waals surface area contributed by atoms with Crippen LogP contribution in [-0.4, -0.2) is 143 Å². The Bertz CT molecular complexity index is 2110. The van der Waals surface area contributed by atoms with Crippen LogP contribution in [0.3, 0.4) is 0 Å². The maximum absolute atomic E-state index is 14.4. The summed E-state index contributed by atoms with van der Waals surface area (Å²) < 4.78 is 5.82. The van der Waals surface area contributed by atoms with Crippen LogP contribution in [0.2, 0.25) is 0 Å². The van der Waals surface area contributed by atoms with Crippen LogP contribution < -0.4 is 43.4 Å². The molecule has 11 atom stereocenters. The molecule has 0 saturated carbocycles. The molecule has 2 rings (SSSR count). The lowest BCUT2D eigenvalue weighted by atomic mass is 9.94. The van der Waals surface area contributed by atoms with Gasteiger partial charge in [-0.25, -0.2) is 9.59 Å². The maximum atomic E-state index is 14.4. The minimum Gasteiger partial charge on any atom is -0.480 e. The molecule has 71 heavy (non-hydrogen) atoms. The molecule has 394 valence electrons. The average Bonchev–Trinajstić information content (AvgIpc) is 3.31. The fraction of sp³-hybridized carbons (Fsp3) is 0.592. The average molecular weight is 997 g/mol. The summed E-state index contributed by atoms with van der Waals surface area (Å²) in [5.41, 5.74) is 12.8. The van der Waals surface area contributed by atoms with Gasteiger partial charge in [-0.3, -0.25) is 38.6 Å².